The fourth-order valence-electron chi connectivity index (χ4n) is 2.44. The van der Waals surface area contributed by atoms with E-state index >= 15 is 0 Å². The topological polar surface area (TPSA) is 90.9 Å². The number of rotatable bonds is 5. The summed E-state index contributed by atoms with van der Waals surface area (Å²) >= 11 is 0. The van der Waals surface area contributed by atoms with Gasteiger partial charge < -0.3 is 10.6 Å². The number of benzene rings is 1. The molecule has 3 rings (SSSR count). The molecule has 26 heavy (non-hydrogen) atoms. The Hall–Kier alpha value is -3.35. The van der Waals surface area contributed by atoms with E-state index < -0.39 is 17.3 Å². The molecule has 0 amide bonds. The molecule has 0 radical (unpaired) electrons. The van der Waals surface area contributed by atoms with Crippen molar-refractivity contribution in [2.45, 2.75) is 13.1 Å². The highest BCUT2D eigenvalue weighted by Gasteiger charge is 2.33. The molecule has 0 saturated carbocycles. The van der Waals surface area contributed by atoms with Crippen LogP contribution in [-0.4, -0.2) is 32.7 Å². The molecule has 1 aromatic carbocycles. The summed E-state index contributed by atoms with van der Waals surface area (Å²) in [6, 6.07) is 6.89. The summed E-state index contributed by atoms with van der Waals surface area (Å²) in [6.07, 6.45) is -3.19. The average molecular weight is 361 g/mol. The monoisotopic (exact) mass is 361 g/mol. The van der Waals surface area contributed by atoms with Crippen LogP contribution in [0.1, 0.15) is 16.8 Å². The van der Waals surface area contributed by atoms with Gasteiger partial charge in [0.25, 0.3) is 5.78 Å². The predicted octanol–water partition coefficient (Wildman–Crippen LogP) is 2.85. The van der Waals surface area contributed by atoms with Gasteiger partial charge in [-0.25, -0.2) is 4.98 Å². The molecule has 2 aromatic heterocycles. The fourth-order valence-corrected chi connectivity index (χ4v) is 2.44. The maximum Gasteiger partial charge on any atom is 0.417 e. The SMILES string of the molecule is Cc1cc(NCCNc2ccc(C#N)c(C(F)(F)F)c2)n2ncnc2n1. The normalized spacial score (nSPS) is 11.3. The van der Waals surface area contributed by atoms with Crippen LogP contribution in [0.15, 0.2) is 30.6 Å². The van der Waals surface area contributed by atoms with Crippen molar-refractivity contribution in [2.75, 3.05) is 23.7 Å². The van der Waals surface area contributed by atoms with E-state index in [4.69, 9.17) is 5.26 Å². The van der Waals surface area contributed by atoms with Gasteiger partial charge in [-0.1, -0.05) is 0 Å². The van der Waals surface area contributed by atoms with Gasteiger partial charge in [0.1, 0.15) is 12.1 Å². The number of hydrogen-bond acceptors (Lipinski definition) is 6. The third-order valence-corrected chi connectivity index (χ3v) is 3.59. The third-order valence-electron chi connectivity index (χ3n) is 3.59. The lowest BCUT2D eigenvalue weighted by Crippen LogP contribution is -2.16. The summed E-state index contributed by atoms with van der Waals surface area (Å²) in [5, 5.41) is 18.9. The van der Waals surface area contributed by atoms with Crippen molar-refractivity contribution < 1.29 is 13.2 Å². The van der Waals surface area contributed by atoms with Gasteiger partial charge in [0.05, 0.1) is 17.2 Å². The first kappa shape index (κ1) is 17.5. The molecule has 134 valence electrons. The maximum absolute atomic E-state index is 13.0. The quantitative estimate of drug-likeness (QED) is 0.679. The first-order valence-electron chi connectivity index (χ1n) is 7.65. The molecule has 0 atom stereocenters. The lowest BCUT2D eigenvalue weighted by molar-refractivity contribution is -0.137. The largest absolute Gasteiger partial charge is 0.417 e. The molecule has 2 N–H and O–H groups in total. The van der Waals surface area contributed by atoms with Crippen molar-refractivity contribution in [3.8, 4) is 6.07 Å². The van der Waals surface area contributed by atoms with Gasteiger partial charge in [0.15, 0.2) is 0 Å². The number of halogens is 3. The molecule has 7 nitrogen and oxygen atoms in total. The summed E-state index contributed by atoms with van der Waals surface area (Å²) in [5.41, 5.74) is -0.299. The van der Waals surface area contributed by atoms with Crippen molar-refractivity contribution in [1.82, 2.24) is 19.6 Å². The Labute approximate surface area is 146 Å². The molecular weight excluding hydrogens is 347 g/mol. The molecule has 0 aliphatic carbocycles. The second kappa shape index (κ2) is 6.87. The summed E-state index contributed by atoms with van der Waals surface area (Å²) in [5.74, 6) is 1.14. The minimum absolute atomic E-state index is 0.287. The zero-order valence-electron chi connectivity index (χ0n) is 13.7. The Morgan fingerprint density at radius 2 is 1.96 bits per heavy atom. The number of aryl methyl sites for hydroxylation is 1. The average Bonchev–Trinajstić information content (AvgIpc) is 3.06. The van der Waals surface area contributed by atoms with Crippen molar-refractivity contribution in [1.29, 1.82) is 5.26 Å². The van der Waals surface area contributed by atoms with E-state index in [1.54, 1.807) is 12.1 Å². The number of nitrogens with zero attached hydrogens (tertiary/aromatic N) is 5. The molecular formula is C16H14F3N7. The first-order chi connectivity index (χ1) is 12.4. The number of aromatic nitrogens is 4. The molecule has 0 bridgehead atoms. The number of alkyl halides is 3. The lowest BCUT2D eigenvalue weighted by atomic mass is 10.1. The maximum atomic E-state index is 13.0. The van der Waals surface area contributed by atoms with Crippen LogP contribution in [0.2, 0.25) is 0 Å². The number of nitrogens with one attached hydrogen (secondary N) is 2. The third kappa shape index (κ3) is 3.66. The van der Waals surface area contributed by atoms with Gasteiger partial charge in [-0.2, -0.15) is 33.0 Å². The summed E-state index contributed by atoms with van der Waals surface area (Å²) < 4.78 is 40.4. The molecule has 0 fully saturated rings. The van der Waals surface area contributed by atoms with Crippen LogP contribution in [0.4, 0.5) is 24.7 Å². The minimum Gasteiger partial charge on any atom is -0.383 e. The fraction of sp³-hybridized carbons (Fsp3) is 0.250. The summed E-state index contributed by atoms with van der Waals surface area (Å²) in [6.45, 7) is 2.62. The van der Waals surface area contributed by atoms with E-state index in [0.717, 1.165) is 17.8 Å². The second-order valence-corrected chi connectivity index (χ2v) is 5.48. The van der Waals surface area contributed by atoms with E-state index in [9.17, 15) is 13.2 Å². The Morgan fingerprint density at radius 3 is 2.69 bits per heavy atom. The van der Waals surface area contributed by atoms with Crippen LogP contribution < -0.4 is 10.6 Å². The zero-order chi connectivity index (χ0) is 18.7. The van der Waals surface area contributed by atoms with Crippen LogP contribution in [0.5, 0.6) is 0 Å². The molecule has 0 spiro atoms. The van der Waals surface area contributed by atoms with E-state index in [1.165, 1.54) is 16.9 Å². The first-order valence-corrected chi connectivity index (χ1v) is 7.65. The molecule has 0 aliphatic heterocycles. The molecule has 3 aromatic rings. The van der Waals surface area contributed by atoms with Gasteiger partial charge in [0, 0.05) is 30.5 Å². The van der Waals surface area contributed by atoms with Crippen molar-refractivity contribution in [2.24, 2.45) is 0 Å². The highest BCUT2D eigenvalue weighted by molar-refractivity contribution is 5.53. The Bertz CT molecular complexity index is 972. The van der Waals surface area contributed by atoms with Crippen LogP contribution in [-0.2, 0) is 6.18 Å². The molecule has 2 heterocycles. The van der Waals surface area contributed by atoms with Crippen molar-refractivity contribution in [3.63, 3.8) is 0 Å². The number of nitriles is 1. The molecule has 0 aliphatic rings. The molecule has 0 unspecified atom stereocenters. The minimum atomic E-state index is -4.58. The van der Waals surface area contributed by atoms with Crippen LogP contribution in [0.3, 0.4) is 0 Å². The predicted molar refractivity (Wildman–Crippen MR) is 88.7 cm³/mol. The van der Waals surface area contributed by atoms with Gasteiger partial charge in [0.2, 0.25) is 0 Å². The van der Waals surface area contributed by atoms with E-state index in [-0.39, 0.29) is 5.69 Å². The van der Waals surface area contributed by atoms with E-state index in [0.29, 0.717) is 24.7 Å². The van der Waals surface area contributed by atoms with Gasteiger partial charge in [-0.15, -0.1) is 0 Å². The van der Waals surface area contributed by atoms with Crippen molar-refractivity contribution in [3.05, 3.63) is 47.4 Å². The smallest absolute Gasteiger partial charge is 0.383 e. The van der Waals surface area contributed by atoms with Gasteiger partial charge >= 0.3 is 6.18 Å². The molecule has 10 heteroatoms. The van der Waals surface area contributed by atoms with Crippen LogP contribution >= 0.6 is 0 Å². The zero-order valence-corrected chi connectivity index (χ0v) is 13.7. The van der Waals surface area contributed by atoms with Gasteiger partial charge in [-0.05, 0) is 25.1 Å². The lowest BCUT2D eigenvalue weighted by Gasteiger charge is -2.13. The second-order valence-electron chi connectivity index (χ2n) is 5.48. The summed E-state index contributed by atoms with van der Waals surface area (Å²) in [7, 11) is 0. The van der Waals surface area contributed by atoms with Crippen molar-refractivity contribution >= 4 is 17.3 Å². The van der Waals surface area contributed by atoms with Gasteiger partial charge in [-0.3, -0.25) is 0 Å². The highest BCUT2D eigenvalue weighted by atomic mass is 19.4. The van der Waals surface area contributed by atoms with Crippen LogP contribution in [0, 0.1) is 18.3 Å². The van der Waals surface area contributed by atoms with Crippen LogP contribution in [0.25, 0.3) is 5.78 Å². The van der Waals surface area contributed by atoms with E-state index in [2.05, 4.69) is 25.7 Å². The standard InChI is InChI=1S/C16H14F3N7/c1-10-6-14(26-15(25-10)23-9-24-26)22-5-4-21-12-3-2-11(8-20)13(7-12)16(17,18)19/h2-3,6-7,9,21-22H,4-5H2,1H3. The van der Waals surface area contributed by atoms with E-state index in [1.807, 2.05) is 6.92 Å². The Kier molecular flexibility index (Phi) is 4.62. The summed E-state index contributed by atoms with van der Waals surface area (Å²) in [4.78, 5) is 8.24. The Balaban J connectivity index is 1.65. The number of hydrogen-bond donors (Lipinski definition) is 2. The number of fused-ring (bicyclic) bond motifs is 1. The Morgan fingerprint density at radius 1 is 1.19 bits per heavy atom. The highest BCUT2D eigenvalue weighted by Crippen LogP contribution is 2.33. The molecule has 0 saturated heterocycles. The number of anilines is 2.